The monoisotopic (exact) mass is 331 g/mol. The van der Waals surface area contributed by atoms with Crippen molar-refractivity contribution < 1.29 is 14.3 Å². The van der Waals surface area contributed by atoms with Crippen LogP contribution in [0.2, 0.25) is 0 Å². The Labute approximate surface area is 142 Å². The summed E-state index contributed by atoms with van der Waals surface area (Å²) in [6.07, 6.45) is 0. The largest absolute Gasteiger partial charge is 0.379 e. The SMILES string of the molecule is CC(NC(=O)C1(C(C)C)COC1)c1ccc(N2CCNC2=O)cc1. The smallest absolute Gasteiger partial charge is 0.321 e. The van der Waals surface area contributed by atoms with Crippen LogP contribution in [-0.2, 0) is 9.53 Å². The number of ether oxygens (including phenoxy) is 1. The molecule has 2 saturated heterocycles. The molecule has 0 aliphatic carbocycles. The van der Waals surface area contributed by atoms with E-state index in [0.29, 0.717) is 26.3 Å². The van der Waals surface area contributed by atoms with Gasteiger partial charge in [0.2, 0.25) is 5.91 Å². The number of urea groups is 1. The fourth-order valence-electron chi connectivity index (χ4n) is 3.13. The molecule has 6 heteroatoms. The van der Waals surface area contributed by atoms with E-state index in [2.05, 4.69) is 24.5 Å². The molecular weight excluding hydrogens is 306 g/mol. The van der Waals surface area contributed by atoms with Crippen molar-refractivity contribution in [3.05, 3.63) is 29.8 Å². The van der Waals surface area contributed by atoms with Gasteiger partial charge in [-0.15, -0.1) is 0 Å². The summed E-state index contributed by atoms with van der Waals surface area (Å²) >= 11 is 0. The van der Waals surface area contributed by atoms with Gasteiger partial charge >= 0.3 is 6.03 Å². The number of anilines is 1. The molecule has 24 heavy (non-hydrogen) atoms. The van der Waals surface area contributed by atoms with E-state index in [1.807, 2.05) is 31.2 Å². The third-order valence-corrected chi connectivity index (χ3v) is 5.19. The van der Waals surface area contributed by atoms with Crippen LogP contribution < -0.4 is 15.5 Å². The van der Waals surface area contributed by atoms with E-state index in [-0.39, 0.29) is 23.9 Å². The van der Waals surface area contributed by atoms with Crippen molar-refractivity contribution >= 4 is 17.6 Å². The van der Waals surface area contributed by atoms with Crippen molar-refractivity contribution in [1.29, 1.82) is 0 Å². The van der Waals surface area contributed by atoms with Gasteiger partial charge in [0.1, 0.15) is 0 Å². The molecule has 0 bridgehead atoms. The van der Waals surface area contributed by atoms with Crippen LogP contribution >= 0.6 is 0 Å². The first-order valence-electron chi connectivity index (χ1n) is 8.48. The van der Waals surface area contributed by atoms with E-state index in [1.54, 1.807) is 4.90 Å². The van der Waals surface area contributed by atoms with Gasteiger partial charge in [-0.1, -0.05) is 26.0 Å². The Morgan fingerprint density at radius 2 is 1.92 bits per heavy atom. The maximum Gasteiger partial charge on any atom is 0.321 e. The lowest BCUT2D eigenvalue weighted by molar-refractivity contribution is -0.172. The molecule has 3 rings (SSSR count). The first-order chi connectivity index (χ1) is 11.4. The molecule has 0 radical (unpaired) electrons. The van der Waals surface area contributed by atoms with Crippen LogP contribution in [0.4, 0.5) is 10.5 Å². The molecule has 2 N–H and O–H groups in total. The molecule has 1 unspecified atom stereocenters. The lowest BCUT2D eigenvalue weighted by Crippen LogP contribution is -2.57. The van der Waals surface area contributed by atoms with Gasteiger partial charge in [0.05, 0.1) is 24.7 Å². The van der Waals surface area contributed by atoms with Crippen molar-refractivity contribution in [2.45, 2.75) is 26.8 Å². The number of nitrogens with zero attached hydrogens (tertiary/aromatic N) is 1. The summed E-state index contributed by atoms with van der Waals surface area (Å²) in [5.41, 5.74) is 1.49. The Morgan fingerprint density at radius 1 is 1.25 bits per heavy atom. The number of rotatable bonds is 5. The topological polar surface area (TPSA) is 70.7 Å². The third-order valence-electron chi connectivity index (χ3n) is 5.19. The minimum absolute atomic E-state index is 0.0549. The molecule has 130 valence electrons. The van der Waals surface area contributed by atoms with Gasteiger partial charge in [0, 0.05) is 18.8 Å². The van der Waals surface area contributed by atoms with Crippen LogP contribution in [0.1, 0.15) is 32.4 Å². The number of amides is 3. The molecule has 1 aromatic rings. The summed E-state index contributed by atoms with van der Waals surface area (Å²) in [6, 6.07) is 7.63. The second-order valence-corrected chi connectivity index (χ2v) is 6.97. The second kappa shape index (κ2) is 6.43. The molecule has 0 spiro atoms. The Balaban J connectivity index is 1.66. The molecule has 2 heterocycles. The van der Waals surface area contributed by atoms with Crippen molar-refractivity contribution in [3.63, 3.8) is 0 Å². The molecule has 6 nitrogen and oxygen atoms in total. The van der Waals surface area contributed by atoms with Crippen LogP contribution in [0.15, 0.2) is 24.3 Å². The van der Waals surface area contributed by atoms with Crippen molar-refractivity contribution in [2.75, 3.05) is 31.2 Å². The molecule has 0 aromatic heterocycles. The first-order valence-corrected chi connectivity index (χ1v) is 8.48. The molecule has 2 aliphatic heterocycles. The van der Waals surface area contributed by atoms with Crippen molar-refractivity contribution in [3.8, 4) is 0 Å². The summed E-state index contributed by atoms with van der Waals surface area (Å²) in [6.45, 7) is 8.43. The van der Waals surface area contributed by atoms with Crippen LogP contribution in [0.25, 0.3) is 0 Å². The summed E-state index contributed by atoms with van der Waals surface area (Å²) in [5, 5.41) is 5.90. The molecule has 2 fully saturated rings. The van der Waals surface area contributed by atoms with Gasteiger partial charge in [-0.3, -0.25) is 9.69 Å². The molecule has 2 aliphatic rings. The van der Waals surface area contributed by atoms with Gasteiger partial charge in [-0.2, -0.15) is 0 Å². The average Bonchev–Trinajstić information content (AvgIpc) is 2.92. The molecule has 0 saturated carbocycles. The van der Waals surface area contributed by atoms with Crippen molar-refractivity contribution in [1.82, 2.24) is 10.6 Å². The summed E-state index contributed by atoms with van der Waals surface area (Å²) in [4.78, 5) is 26.1. The number of nitrogens with one attached hydrogen (secondary N) is 2. The summed E-state index contributed by atoms with van der Waals surface area (Å²) in [5.74, 6) is 0.300. The standard InChI is InChI=1S/C18H25N3O3/c1-12(2)18(10-24-11-18)16(22)20-13(3)14-4-6-15(7-5-14)21-9-8-19-17(21)23/h4-7,12-13H,8-11H2,1-3H3,(H,19,23)(H,20,22). The highest BCUT2D eigenvalue weighted by Crippen LogP contribution is 2.36. The maximum atomic E-state index is 12.6. The van der Waals surface area contributed by atoms with Crippen LogP contribution in [0.3, 0.4) is 0 Å². The third kappa shape index (κ3) is 2.86. The zero-order valence-electron chi connectivity index (χ0n) is 14.5. The minimum Gasteiger partial charge on any atom is -0.379 e. The molecular formula is C18H25N3O3. The Bertz CT molecular complexity index is 623. The van der Waals surface area contributed by atoms with E-state index >= 15 is 0 Å². The predicted octanol–water partition coefficient (Wildman–Crippen LogP) is 2.07. The number of hydrogen-bond acceptors (Lipinski definition) is 3. The van der Waals surface area contributed by atoms with E-state index in [0.717, 1.165) is 11.3 Å². The normalized spacial score (nSPS) is 20.5. The Hall–Kier alpha value is -2.08. The number of carbonyl (C=O) groups excluding carboxylic acids is 2. The minimum atomic E-state index is -0.401. The van der Waals surface area contributed by atoms with Crippen LogP contribution in [-0.4, -0.2) is 38.2 Å². The van der Waals surface area contributed by atoms with E-state index in [4.69, 9.17) is 4.74 Å². The zero-order valence-corrected chi connectivity index (χ0v) is 14.5. The average molecular weight is 331 g/mol. The van der Waals surface area contributed by atoms with Gasteiger partial charge in [0.15, 0.2) is 0 Å². The van der Waals surface area contributed by atoms with E-state index < -0.39 is 5.41 Å². The van der Waals surface area contributed by atoms with Crippen LogP contribution in [0.5, 0.6) is 0 Å². The van der Waals surface area contributed by atoms with Gasteiger partial charge in [0.25, 0.3) is 0 Å². The Kier molecular flexibility index (Phi) is 4.49. The maximum absolute atomic E-state index is 12.6. The lowest BCUT2D eigenvalue weighted by atomic mass is 9.74. The van der Waals surface area contributed by atoms with Gasteiger partial charge in [-0.05, 0) is 30.5 Å². The number of benzene rings is 1. The second-order valence-electron chi connectivity index (χ2n) is 6.97. The van der Waals surface area contributed by atoms with Gasteiger partial charge < -0.3 is 15.4 Å². The van der Waals surface area contributed by atoms with E-state index in [1.165, 1.54) is 0 Å². The highest BCUT2D eigenvalue weighted by molar-refractivity contribution is 5.94. The fourth-order valence-corrected chi connectivity index (χ4v) is 3.13. The van der Waals surface area contributed by atoms with Gasteiger partial charge in [-0.25, -0.2) is 4.79 Å². The quantitative estimate of drug-likeness (QED) is 0.868. The Morgan fingerprint density at radius 3 is 2.38 bits per heavy atom. The fraction of sp³-hybridized carbons (Fsp3) is 0.556. The molecule has 1 aromatic carbocycles. The summed E-state index contributed by atoms with van der Waals surface area (Å²) in [7, 11) is 0. The summed E-state index contributed by atoms with van der Waals surface area (Å²) < 4.78 is 5.29. The highest BCUT2D eigenvalue weighted by Gasteiger charge is 2.48. The van der Waals surface area contributed by atoms with E-state index in [9.17, 15) is 9.59 Å². The first kappa shape index (κ1) is 16.8. The number of carbonyl (C=O) groups is 2. The predicted molar refractivity (Wildman–Crippen MR) is 91.8 cm³/mol. The molecule has 1 atom stereocenters. The van der Waals surface area contributed by atoms with Crippen LogP contribution in [0, 0.1) is 11.3 Å². The molecule has 3 amide bonds. The highest BCUT2D eigenvalue weighted by atomic mass is 16.5. The number of hydrogen-bond donors (Lipinski definition) is 2. The zero-order chi connectivity index (χ0) is 17.3. The lowest BCUT2D eigenvalue weighted by Gasteiger charge is -2.43. The van der Waals surface area contributed by atoms with Crippen molar-refractivity contribution in [2.24, 2.45) is 11.3 Å².